The third kappa shape index (κ3) is 4.37. The lowest BCUT2D eigenvalue weighted by atomic mass is 10.2. The van der Waals surface area contributed by atoms with Crippen LogP contribution in [0, 0.1) is 0 Å². The average molecular weight is 395 g/mol. The smallest absolute Gasteiger partial charge is 0.264 e. The van der Waals surface area contributed by atoms with Gasteiger partial charge in [0.1, 0.15) is 0 Å². The number of nitrogens with zero attached hydrogens (tertiary/aromatic N) is 1. The fourth-order valence-corrected chi connectivity index (χ4v) is 4.16. The summed E-state index contributed by atoms with van der Waals surface area (Å²) in [5.41, 5.74) is 0.715. The molecular formula is C19H23ClN2O3S. The number of amides is 1. The molecule has 0 aliphatic heterocycles. The third-order valence-electron chi connectivity index (χ3n) is 4.09. The molecule has 140 valence electrons. The number of para-hydroxylation sites is 1. The average Bonchev–Trinajstić information content (AvgIpc) is 2.62. The molecule has 7 heteroatoms. The zero-order valence-corrected chi connectivity index (χ0v) is 16.6. The van der Waals surface area contributed by atoms with Gasteiger partial charge in [0.2, 0.25) is 0 Å². The molecule has 26 heavy (non-hydrogen) atoms. The summed E-state index contributed by atoms with van der Waals surface area (Å²) in [4.78, 5) is 12.4. The van der Waals surface area contributed by atoms with E-state index >= 15 is 0 Å². The first-order valence-electron chi connectivity index (χ1n) is 8.49. The lowest BCUT2D eigenvalue weighted by Crippen LogP contribution is -2.33. The molecule has 0 spiro atoms. The summed E-state index contributed by atoms with van der Waals surface area (Å²) in [5, 5.41) is 3.02. The van der Waals surface area contributed by atoms with Gasteiger partial charge in [0.25, 0.3) is 15.9 Å². The number of carbonyl (C=O) groups excluding carboxylic acids is 1. The number of carbonyl (C=O) groups is 1. The minimum atomic E-state index is -3.82. The van der Waals surface area contributed by atoms with Gasteiger partial charge in [-0.1, -0.05) is 36.7 Å². The van der Waals surface area contributed by atoms with E-state index < -0.39 is 10.0 Å². The van der Waals surface area contributed by atoms with Crippen LogP contribution in [0.5, 0.6) is 0 Å². The minimum absolute atomic E-state index is 0.0295. The van der Waals surface area contributed by atoms with Gasteiger partial charge >= 0.3 is 0 Å². The van der Waals surface area contributed by atoms with Crippen LogP contribution in [-0.2, 0) is 10.0 Å². The maximum atomic E-state index is 13.1. The van der Waals surface area contributed by atoms with Crippen LogP contribution in [0.3, 0.4) is 0 Å². The van der Waals surface area contributed by atoms with Gasteiger partial charge < -0.3 is 5.32 Å². The molecule has 2 aromatic rings. The number of halogens is 1. The highest BCUT2D eigenvalue weighted by Gasteiger charge is 2.25. The normalized spacial score (nSPS) is 12.5. The van der Waals surface area contributed by atoms with Crippen LogP contribution >= 0.6 is 11.6 Å². The summed E-state index contributed by atoms with van der Waals surface area (Å²) in [7, 11) is -3.82. The first-order chi connectivity index (χ1) is 12.3. The molecule has 2 aromatic carbocycles. The molecule has 0 bridgehead atoms. The number of hydrogen-bond acceptors (Lipinski definition) is 3. The van der Waals surface area contributed by atoms with Crippen molar-refractivity contribution in [3.05, 3.63) is 59.1 Å². The van der Waals surface area contributed by atoms with Gasteiger partial charge in [0.05, 0.1) is 21.2 Å². The second kappa shape index (κ2) is 8.56. The van der Waals surface area contributed by atoms with Crippen LogP contribution in [0.25, 0.3) is 0 Å². The Kier molecular flexibility index (Phi) is 6.67. The first-order valence-corrected chi connectivity index (χ1v) is 10.3. The van der Waals surface area contributed by atoms with E-state index in [1.54, 1.807) is 31.2 Å². The van der Waals surface area contributed by atoms with E-state index in [9.17, 15) is 13.2 Å². The van der Waals surface area contributed by atoms with Gasteiger partial charge in [-0.3, -0.25) is 9.10 Å². The molecule has 0 aromatic heterocycles. The molecule has 5 nitrogen and oxygen atoms in total. The van der Waals surface area contributed by atoms with E-state index in [0.29, 0.717) is 5.69 Å². The van der Waals surface area contributed by atoms with Crippen LogP contribution < -0.4 is 9.62 Å². The summed E-state index contributed by atoms with van der Waals surface area (Å²) < 4.78 is 27.5. The predicted molar refractivity (Wildman–Crippen MR) is 105 cm³/mol. The third-order valence-corrected chi connectivity index (χ3v) is 6.32. The molecule has 1 atom stereocenters. The Morgan fingerprint density at radius 3 is 2.38 bits per heavy atom. The highest BCUT2D eigenvalue weighted by Crippen LogP contribution is 2.26. The number of anilines is 1. The van der Waals surface area contributed by atoms with Gasteiger partial charge in [-0.15, -0.1) is 0 Å². The van der Waals surface area contributed by atoms with Crippen LogP contribution in [0.15, 0.2) is 53.4 Å². The Balaban J connectivity index is 2.44. The predicted octanol–water partition coefficient (Wildman–Crippen LogP) is 4.08. The minimum Gasteiger partial charge on any atom is -0.350 e. The first kappa shape index (κ1) is 20.3. The van der Waals surface area contributed by atoms with E-state index in [2.05, 4.69) is 5.32 Å². The number of hydrogen-bond donors (Lipinski definition) is 1. The molecule has 0 unspecified atom stereocenters. The summed E-state index contributed by atoms with van der Waals surface area (Å²) in [6, 6.07) is 13.0. The summed E-state index contributed by atoms with van der Waals surface area (Å²) in [6.45, 7) is 5.85. The number of sulfonamides is 1. The zero-order chi connectivity index (χ0) is 19.3. The molecular weight excluding hydrogens is 372 g/mol. The Morgan fingerprint density at radius 1 is 1.15 bits per heavy atom. The highest BCUT2D eigenvalue weighted by molar-refractivity contribution is 7.92. The van der Waals surface area contributed by atoms with Gasteiger partial charge in [-0.05, 0) is 50.6 Å². The molecule has 0 heterocycles. The van der Waals surface area contributed by atoms with Crippen molar-refractivity contribution in [1.29, 1.82) is 0 Å². The summed E-state index contributed by atoms with van der Waals surface area (Å²) in [5.74, 6) is -0.385. The van der Waals surface area contributed by atoms with Crippen LogP contribution in [-0.4, -0.2) is 26.9 Å². The van der Waals surface area contributed by atoms with Gasteiger partial charge in [0, 0.05) is 12.6 Å². The van der Waals surface area contributed by atoms with Crippen molar-refractivity contribution in [3.8, 4) is 0 Å². The Labute approximate surface area is 160 Å². The molecule has 0 fully saturated rings. The van der Waals surface area contributed by atoms with E-state index in [1.807, 2.05) is 19.9 Å². The van der Waals surface area contributed by atoms with Crippen molar-refractivity contribution in [2.24, 2.45) is 0 Å². The monoisotopic (exact) mass is 394 g/mol. The van der Waals surface area contributed by atoms with Gasteiger partial charge in [-0.25, -0.2) is 8.42 Å². The zero-order valence-electron chi connectivity index (χ0n) is 15.1. The lowest BCUT2D eigenvalue weighted by Gasteiger charge is -2.23. The summed E-state index contributed by atoms with van der Waals surface area (Å²) >= 11 is 6.13. The summed E-state index contributed by atoms with van der Waals surface area (Å²) in [6.07, 6.45) is 0.763. The molecule has 1 amide bonds. The van der Waals surface area contributed by atoms with Crippen molar-refractivity contribution in [2.75, 3.05) is 10.8 Å². The van der Waals surface area contributed by atoms with Crippen molar-refractivity contribution in [3.63, 3.8) is 0 Å². The molecule has 1 N–H and O–H groups in total. The van der Waals surface area contributed by atoms with Crippen molar-refractivity contribution >= 4 is 33.2 Å². The SMILES string of the molecule is CC[C@H](C)NC(=O)c1cc(S(=O)(=O)N(CC)c2ccccc2)ccc1Cl. The van der Waals surface area contributed by atoms with Crippen molar-refractivity contribution in [1.82, 2.24) is 5.32 Å². The van der Waals surface area contributed by atoms with E-state index in [4.69, 9.17) is 11.6 Å². The number of nitrogens with one attached hydrogen (secondary N) is 1. The Bertz CT molecular complexity index is 870. The van der Waals surface area contributed by atoms with E-state index in [-0.39, 0.29) is 34.0 Å². The topological polar surface area (TPSA) is 66.5 Å². The van der Waals surface area contributed by atoms with Crippen LogP contribution in [0.1, 0.15) is 37.6 Å². The second-order valence-corrected chi connectivity index (χ2v) is 8.20. The molecule has 0 saturated heterocycles. The fraction of sp³-hybridized carbons (Fsp3) is 0.316. The standard InChI is InChI=1S/C19H23ClN2O3S/c1-4-14(3)21-19(23)17-13-16(11-12-18(17)20)26(24,25)22(5-2)15-9-7-6-8-10-15/h6-14H,4-5H2,1-3H3,(H,21,23)/t14-/m0/s1. The quantitative estimate of drug-likeness (QED) is 0.769. The molecule has 0 aliphatic carbocycles. The van der Waals surface area contributed by atoms with Gasteiger partial charge in [-0.2, -0.15) is 0 Å². The van der Waals surface area contributed by atoms with Crippen LogP contribution in [0.2, 0.25) is 5.02 Å². The largest absolute Gasteiger partial charge is 0.350 e. The Morgan fingerprint density at radius 2 is 1.81 bits per heavy atom. The Hall–Kier alpha value is -2.05. The maximum Gasteiger partial charge on any atom is 0.264 e. The molecule has 0 aliphatic rings. The molecule has 0 radical (unpaired) electrons. The lowest BCUT2D eigenvalue weighted by molar-refractivity contribution is 0.0939. The number of rotatable bonds is 7. The van der Waals surface area contributed by atoms with E-state index in [0.717, 1.165) is 6.42 Å². The fourth-order valence-electron chi connectivity index (χ4n) is 2.46. The molecule has 2 rings (SSSR count). The van der Waals surface area contributed by atoms with E-state index in [1.165, 1.54) is 22.5 Å². The number of benzene rings is 2. The highest BCUT2D eigenvalue weighted by atomic mass is 35.5. The van der Waals surface area contributed by atoms with Gasteiger partial charge in [0.15, 0.2) is 0 Å². The van der Waals surface area contributed by atoms with Crippen LogP contribution in [0.4, 0.5) is 5.69 Å². The molecule has 0 saturated carbocycles. The van der Waals surface area contributed by atoms with Crippen molar-refractivity contribution in [2.45, 2.75) is 38.1 Å². The van der Waals surface area contributed by atoms with Crippen molar-refractivity contribution < 1.29 is 13.2 Å². The second-order valence-electron chi connectivity index (χ2n) is 5.93. The maximum absolute atomic E-state index is 13.1.